The molecule has 1 fully saturated rings. The van der Waals surface area contributed by atoms with Crippen LogP contribution in [0.5, 0.6) is 0 Å². The first kappa shape index (κ1) is 15.0. The summed E-state index contributed by atoms with van der Waals surface area (Å²) >= 11 is 0. The fourth-order valence-electron chi connectivity index (χ4n) is 2.36. The molecule has 0 aliphatic carbocycles. The Hall–Kier alpha value is -1.10. The van der Waals surface area contributed by atoms with Crippen molar-refractivity contribution in [2.75, 3.05) is 13.6 Å². The minimum absolute atomic E-state index is 0.188. The van der Waals surface area contributed by atoms with Gasteiger partial charge in [0.1, 0.15) is 0 Å². The van der Waals surface area contributed by atoms with Crippen molar-refractivity contribution >= 4 is 11.9 Å². The van der Waals surface area contributed by atoms with E-state index in [4.69, 9.17) is 0 Å². The van der Waals surface area contributed by atoms with Crippen molar-refractivity contribution in [2.24, 2.45) is 5.92 Å². The van der Waals surface area contributed by atoms with Crippen molar-refractivity contribution in [1.82, 2.24) is 10.2 Å². The zero-order valence-electron chi connectivity index (χ0n) is 11.4. The molecule has 2 atom stereocenters. The van der Waals surface area contributed by atoms with E-state index in [0.717, 1.165) is 25.8 Å². The third-order valence-electron chi connectivity index (χ3n) is 3.38. The molecule has 0 aromatic carbocycles. The average molecular weight is 255 g/mol. The molecular weight excluding hydrogens is 232 g/mol. The number of carboxylic acid groups (broad SMARTS) is 1. The second-order valence-corrected chi connectivity index (χ2v) is 5.50. The standard InChI is InChI=1S/C13H24N2O3/c1-9(2)8-10(13(17)18)14-12(16)11-6-4-5-7-15(11)3/h9-11H,4-8H2,1-3H3,(H,14,16)(H,17,18)/p-1/t10-,11-/m0/s1. The van der Waals surface area contributed by atoms with Crippen LogP contribution >= 0.6 is 0 Å². The average Bonchev–Trinajstić information content (AvgIpc) is 2.27. The molecule has 18 heavy (non-hydrogen) atoms. The molecule has 0 unspecified atom stereocenters. The number of nitrogens with zero attached hydrogens (tertiary/aromatic N) is 1. The van der Waals surface area contributed by atoms with Crippen molar-refractivity contribution < 1.29 is 14.7 Å². The first-order valence-electron chi connectivity index (χ1n) is 6.63. The van der Waals surface area contributed by atoms with E-state index < -0.39 is 12.0 Å². The molecule has 1 heterocycles. The maximum Gasteiger partial charge on any atom is 0.237 e. The molecule has 1 aliphatic heterocycles. The molecule has 5 heteroatoms. The molecule has 104 valence electrons. The topological polar surface area (TPSA) is 72.5 Å². The highest BCUT2D eigenvalue weighted by atomic mass is 16.4. The smallest absolute Gasteiger partial charge is 0.237 e. The minimum atomic E-state index is -1.20. The van der Waals surface area contributed by atoms with Gasteiger partial charge in [0.2, 0.25) is 5.91 Å². The second kappa shape index (κ2) is 6.73. The number of likely N-dealkylation sites (tertiary alicyclic amines) is 1. The van der Waals surface area contributed by atoms with E-state index in [1.807, 2.05) is 25.8 Å². The van der Waals surface area contributed by atoms with Gasteiger partial charge in [-0.05, 0) is 38.8 Å². The van der Waals surface area contributed by atoms with Gasteiger partial charge in [0.15, 0.2) is 0 Å². The Balaban J connectivity index is 2.57. The number of carbonyl (C=O) groups is 2. The van der Waals surface area contributed by atoms with Crippen molar-refractivity contribution in [3.8, 4) is 0 Å². The second-order valence-electron chi connectivity index (χ2n) is 5.50. The van der Waals surface area contributed by atoms with Crippen molar-refractivity contribution in [3.63, 3.8) is 0 Å². The SMILES string of the molecule is CC(C)C[C@H](NC(=O)[C@@H]1CCCCN1C)C(=O)[O-]. The zero-order valence-corrected chi connectivity index (χ0v) is 11.4. The molecule has 5 nitrogen and oxygen atoms in total. The van der Waals surface area contributed by atoms with Gasteiger partial charge < -0.3 is 15.2 Å². The van der Waals surface area contributed by atoms with E-state index in [9.17, 15) is 14.7 Å². The van der Waals surface area contributed by atoms with Crippen LogP contribution in [-0.2, 0) is 9.59 Å². The molecule has 1 N–H and O–H groups in total. The van der Waals surface area contributed by atoms with Crippen LogP contribution < -0.4 is 10.4 Å². The van der Waals surface area contributed by atoms with Crippen LogP contribution in [0.2, 0.25) is 0 Å². The summed E-state index contributed by atoms with van der Waals surface area (Å²) in [6.07, 6.45) is 3.31. The summed E-state index contributed by atoms with van der Waals surface area (Å²) in [6.45, 7) is 4.74. The number of hydrogen-bond donors (Lipinski definition) is 1. The first-order valence-corrected chi connectivity index (χ1v) is 6.63. The summed E-state index contributed by atoms with van der Waals surface area (Å²) in [5, 5.41) is 13.6. The van der Waals surface area contributed by atoms with Gasteiger partial charge in [-0.2, -0.15) is 0 Å². The largest absolute Gasteiger partial charge is 0.548 e. The summed E-state index contributed by atoms with van der Waals surface area (Å²) < 4.78 is 0. The number of piperidine rings is 1. The third-order valence-corrected chi connectivity index (χ3v) is 3.38. The van der Waals surface area contributed by atoms with E-state index in [2.05, 4.69) is 5.32 Å². The first-order chi connectivity index (χ1) is 8.41. The minimum Gasteiger partial charge on any atom is -0.548 e. The Kier molecular flexibility index (Phi) is 5.59. The summed E-state index contributed by atoms with van der Waals surface area (Å²) in [5.74, 6) is -1.18. The highest BCUT2D eigenvalue weighted by Gasteiger charge is 2.27. The quantitative estimate of drug-likeness (QED) is 0.735. The van der Waals surface area contributed by atoms with Crippen LogP contribution in [0.3, 0.4) is 0 Å². The summed E-state index contributed by atoms with van der Waals surface area (Å²) in [4.78, 5) is 25.0. The Bertz CT molecular complexity index is 305. The lowest BCUT2D eigenvalue weighted by Crippen LogP contribution is -2.55. The number of hydrogen-bond acceptors (Lipinski definition) is 4. The number of rotatable bonds is 5. The van der Waals surface area contributed by atoms with Gasteiger partial charge in [0, 0.05) is 0 Å². The molecule has 0 radical (unpaired) electrons. The van der Waals surface area contributed by atoms with E-state index in [1.54, 1.807) is 0 Å². The number of carboxylic acids is 1. The van der Waals surface area contributed by atoms with Crippen molar-refractivity contribution in [2.45, 2.75) is 51.6 Å². The lowest BCUT2D eigenvalue weighted by Gasteiger charge is -2.33. The van der Waals surface area contributed by atoms with E-state index >= 15 is 0 Å². The van der Waals surface area contributed by atoms with Gasteiger partial charge in [-0.15, -0.1) is 0 Å². The predicted octanol–water partition coefficient (Wildman–Crippen LogP) is -0.248. The molecule has 0 bridgehead atoms. The number of amides is 1. The van der Waals surface area contributed by atoms with E-state index in [-0.39, 0.29) is 17.9 Å². The highest BCUT2D eigenvalue weighted by Crippen LogP contribution is 2.15. The Morgan fingerprint density at radius 2 is 2.06 bits per heavy atom. The number of aliphatic carboxylic acids is 1. The molecular formula is C13H23N2O3-. The van der Waals surface area contributed by atoms with Gasteiger partial charge in [0.05, 0.1) is 18.1 Å². The van der Waals surface area contributed by atoms with Gasteiger partial charge in [0.25, 0.3) is 0 Å². The molecule has 0 spiro atoms. The van der Waals surface area contributed by atoms with Gasteiger partial charge in [-0.1, -0.05) is 20.3 Å². The fourth-order valence-corrected chi connectivity index (χ4v) is 2.36. The molecule has 1 aliphatic rings. The number of carbonyl (C=O) groups excluding carboxylic acids is 2. The molecule has 0 aromatic heterocycles. The lowest BCUT2D eigenvalue weighted by molar-refractivity contribution is -0.308. The summed E-state index contributed by atoms with van der Waals surface area (Å²) in [7, 11) is 1.90. The molecule has 0 saturated carbocycles. The van der Waals surface area contributed by atoms with E-state index in [0.29, 0.717) is 6.42 Å². The van der Waals surface area contributed by atoms with Crippen LogP contribution in [0.25, 0.3) is 0 Å². The highest BCUT2D eigenvalue weighted by molar-refractivity contribution is 5.86. The zero-order chi connectivity index (χ0) is 13.7. The van der Waals surface area contributed by atoms with Crippen LogP contribution in [0.4, 0.5) is 0 Å². The lowest BCUT2D eigenvalue weighted by atomic mass is 10.00. The molecule has 1 amide bonds. The maximum absolute atomic E-state index is 12.1. The van der Waals surface area contributed by atoms with Gasteiger partial charge >= 0.3 is 0 Å². The Morgan fingerprint density at radius 1 is 1.39 bits per heavy atom. The van der Waals surface area contributed by atoms with E-state index in [1.165, 1.54) is 0 Å². The van der Waals surface area contributed by atoms with Gasteiger partial charge in [-0.3, -0.25) is 9.69 Å². The predicted molar refractivity (Wildman–Crippen MR) is 66.7 cm³/mol. The maximum atomic E-state index is 12.1. The summed E-state index contributed by atoms with van der Waals surface area (Å²) in [5.41, 5.74) is 0. The molecule has 1 saturated heterocycles. The normalized spacial score (nSPS) is 22.8. The van der Waals surface area contributed by atoms with Gasteiger partial charge in [-0.25, -0.2) is 0 Å². The van der Waals surface area contributed by atoms with Crippen LogP contribution in [0.1, 0.15) is 39.5 Å². The Morgan fingerprint density at radius 3 is 2.56 bits per heavy atom. The van der Waals surface area contributed by atoms with Crippen LogP contribution in [-0.4, -0.2) is 42.5 Å². The van der Waals surface area contributed by atoms with Crippen LogP contribution in [0.15, 0.2) is 0 Å². The van der Waals surface area contributed by atoms with Crippen molar-refractivity contribution in [3.05, 3.63) is 0 Å². The fraction of sp³-hybridized carbons (Fsp3) is 0.846. The molecule has 0 aromatic rings. The number of likely N-dealkylation sites (N-methyl/N-ethyl adjacent to an activating group) is 1. The monoisotopic (exact) mass is 255 g/mol. The molecule has 1 rings (SSSR count). The third kappa shape index (κ3) is 4.29. The van der Waals surface area contributed by atoms with Crippen molar-refractivity contribution in [1.29, 1.82) is 0 Å². The van der Waals surface area contributed by atoms with Crippen LogP contribution in [0, 0.1) is 5.92 Å². The Labute approximate surface area is 109 Å². The summed E-state index contributed by atoms with van der Waals surface area (Å²) in [6, 6.07) is -1.08. The number of nitrogens with one attached hydrogen (secondary N) is 1.